The molecular formula is C9H14N2O. The van der Waals surface area contributed by atoms with Crippen LogP contribution in [0, 0.1) is 0 Å². The summed E-state index contributed by atoms with van der Waals surface area (Å²) in [6.45, 7) is 3.67. The van der Waals surface area contributed by atoms with E-state index in [9.17, 15) is 4.79 Å². The molecule has 1 aromatic heterocycles. The highest BCUT2D eigenvalue weighted by Crippen LogP contribution is 2.00. The first-order chi connectivity index (χ1) is 5.72. The van der Waals surface area contributed by atoms with Gasteiger partial charge in [-0.15, -0.1) is 0 Å². The minimum atomic E-state index is 0.212. The van der Waals surface area contributed by atoms with Crippen molar-refractivity contribution in [3.63, 3.8) is 0 Å². The molecule has 1 aromatic rings. The summed E-state index contributed by atoms with van der Waals surface area (Å²) in [5.74, 6) is 1.13. The lowest BCUT2D eigenvalue weighted by Gasteiger charge is -1.92. The molecule has 0 atom stereocenters. The second-order valence-corrected chi connectivity index (χ2v) is 2.91. The van der Waals surface area contributed by atoms with Crippen molar-refractivity contribution in [1.29, 1.82) is 0 Å². The number of carbonyl (C=O) groups excluding carboxylic acids is 1. The smallest absolute Gasteiger partial charge is 0.130 e. The van der Waals surface area contributed by atoms with E-state index in [-0.39, 0.29) is 5.78 Å². The van der Waals surface area contributed by atoms with Crippen LogP contribution in [-0.2, 0) is 17.6 Å². The SMILES string of the molecule is CCc1cnc(CCC(C)=O)[nH]1. The number of carbonyl (C=O) groups is 1. The van der Waals surface area contributed by atoms with Gasteiger partial charge in [-0.25, -0.2) is 4.98 Å². The van der Waals surface area contributed by atoms with Gasteiger partial charge in [0.15, 0.2) is 0 Å². The van der Waals surface area contributed by atoms with Crippen molar-refractivity contribution in [3.05, 3.63) is 17.7 Å². The predicted octanol–water partition coefficient (Wildman–Crippen LogP) is 1.49. The van der Waals surface area contributed by atoms with Crippen LogP contribution in [0.3, 0.4) is 0 Å². The van der Waals surface area contributed by atoms with E-state index >= 15 is 0 Å². The molecule has 0 fully saturated rings. The number of hydrogen-bond acceptors (Lipinski definition) is 2. The average Bonchev–Trinajstić information content (AvgIpc) is 2.48. The van der Waals surface area contributed by atoms with Crippen molar-refractivity contribution in [2.24, 2.45) is 0 Å². The zero-order valence-corrected chi connectivity index (χ0v) is 7.55. The van der Waals surface area contributed by atoms with Crippen LogP contribution in [0.2, 0.25) is 0 Å². The molecule has 3 heteroatoms. The van der Waals surface area contributed by atoms with Crippen molar-refractivity contribution in [1.82, 2.24) is 9.97 Å². The normalized spacial score (nSPS) is 10.2. The number of rotatable bonds is 4. The van der Waals surface area contributed by atoms with Crippen molar-refractivity contribution in [2.75, 3.05) is 0 Å². The Morgan fingerprint density at radius 1 is 1.67 bits per heavy atom. The minimum Gasteiger partial charge on any atom is -0.346 e. The average molecular weight is 166 g/mol. The maximum absolute atomic E-state index is 10.7. The van der Waals surface area contributed by atoms with Crippen LogP contribution >= 0.6 is 0 Å². The number of aromatic amines is 1. The molecule has 0 aliphatic heterocycles. The number of hydrogen-bond donors (Lipinski definition) is 1. The maximum Gasteiger partial charge on any atom is 0.130 e. The molecule has 0 unspecified atom stereocenters. The van der Waals surface area contributed by atoms with Crippen molar-refractivity contribution in [2.45, 2.75) is 33.1 Å². The number of aryl methyl sites for hydroxylation is 2. The monoisotopic (exact) mass is 166 g/mol. The number of nitrogens with zero attached hydrogens (tertiary/aromatic N) is 1. The molecule has 0 radical (unpaired) electrons. The second kappa shape index (κ2) is 4.04. The number of H-pyrrole nitrogens is 1. The fourth-order valence-corrected chi connectivity index (χ4v) is 1.01. The van der Waals surface area contributed by atoms with E-state index in [0.29, 0.717) is 6.42 Å². The lowest BCUT2D eigenvalue weighted by molar-refractivity contribution is -0.117. The van der Waals surface area contributed by atoms with Crippen LogP contribution in [-0.4, -0.2) is 15.8 Å². The van der Waals surface area contributed by atoms with Crippen LogP contribution in [0.4, 0.5) is 0 Å². The summed E-state index contributed by atoms with van der Waals surface area (Å²) in [6.07, 6.45) is 4.11. The third-order valence-electron chi connectivity index (χ3n) is 1.78. The lowest BCUT2D eigenvalue weighted by Crippen LogP contribution is -1.95. The summed E-state index contributed by atoms with van der Waals surface area (Å²) >= 11 is 0. The summed E-state index contributed by atoms with van der Waals surface area (Å²) in [6, 6.07) is 0. The van der Waals surface area contributed by atoms with E-state index in [1.165, 1.54) is 0 Å². The van der Waals surface area contributed by atoms with Gasteiger partial charge in [0.05, 0.1) is 0 Å². The standard InChI is InChI=1S/C9H14N2O/c1-3-8-6-10-9(11-8)5-4-7(2)12/h6H,3-5H2,1-2H3,(H,10,11). The molecule has 1 N–H and O–H groups in total. The Morgan fingerprint density at radius 2 is 2.42 bits per heavy atom. The molecule has 0 aromatic carbocycles. The molecule has 3 nitrogen and oxygen atoms in total. The van der Waals surface area contributed by atoms with E-state index in [0.717, 1.165) is 24.4 Å². The molecule has 66 valence electrons. The van der Waals surface area contributed by atoms with Crippen molar-refractivity contribution < 1.29 is 4.79 Å². The van der Waals surface area contributed by atoms with Crippen LogP contribution in [0.25, 0.3) is 0 Å². The van der Waals surface area contributed by atoms with Gasteiger partial charge in [-0.2, -0.15) is 0 Å². The van der Waals surface area contributed by atoms with E-state index in [2.05, 4.69) is 16.9 Å². The van der Waals surface area contributed by atoms with Crippen molar-refractivity contribution in [3.8, 4) is 0 Å². The van der Waals surface area contributed by atoms with Crippen LogP contribution < -0.4 is 0 Å². The van der Waals surface area contributed by atoms with Gasteiger partial charge in [0.2, 0.25) is 0 Å². The first-order valence-electron chi connectivity index (χ1n) is 4.24. The number of ketones is 1. The molecule has 0 spiro atoms. The van der Waals surface area contributed by atoms with Crippen LogP contribution in [0.15, 0.2) is 6.20 Å². The van der Waals surface area contributed by atoms with Crippen LogP contribution in [0.5, 0.6) is 0 Å². The third-order valence-corrected chi connectivity index (χ3v) is 1.78. The molecule has 0 bridgehead atoms. The van der Waals surface area contributed by atoms with E-state index in [1.54, 1.807) is 6.92 Å². The van der Waals surface area contributed by atoms with Crippen LogP contribution in [0.1, 0.15) is 31.8 Å². The summed E-state index contributed by atoms with van der Waals surface area (Å²) in [5, 5.41) is 0. The highest BCUT2D eigenvalue weighted by Gasteiger charge is 2.00. The van der Waals surface area contributed by atoms with Gasteiger partial charge in [0.25, 0.3) is 0 Å². The van der Waals surface area contributed by atoms with Gasteiger partial charge < -0.3 is 9.78 Å². The molecule has 0 aliphatic carbocycles. The van der Waals surface area contributed by atoms with E-state index < -0.39 is 0 Å². The Labute approximate surface area is 72.2 Å². The quantitative estimate of drug-likeness (QED) is 0.736. The highest BCUT2D eigenvalue weighted by atomic mass is 16.1. The maximum atomic E-state index is 10.7. The summed E-state index contributed by atoms with van der Waals surface area (Å²) in [4.78, 5) is 18.0. The molecule has 1 heterocycles. The zero-order chi connectivity index (χ0) is 8.97. The fourth-order valence-electron chi connectivity index (χ4n) is 1.01. The van der Waals surface area contributed by atoms with Gasteiger partial charge in [-0.05, 0) is 13.3 Å². The van der Waals surface area contributed by atoms with Gasteiger partial charge >= 0.3 is 0 Å². The van der Waals surface area contributed by atoms with Gasteiger partial charge in [-0.3, -0.25) is 0 Å². The van der Waals surface area contributed by atoms with E-state index in [1.807, 2.05) is 6.20 Å². The van der Waals surface area contributed by atoms with Gasteiger partial charge in [-0.1, -0.05) is 6.92 Å². The van der Waals surface area contributed by atoms with Gasteiger partial charge in [0.1, 0.15) is 11.6 Å². The Balaban J connectivity index is 2.47. The van der Waals surface area contributed by atoms with E-state index in [4.69, 9.17) is 0 Å². The number of aromatic nitrogens is 2. The summed E-state index contributed by atoms with van der Waals surface area (Å²) in [7, 11) is 0. The predicted molar refractivity (Wildman–Crippen MR) is 47.0 cm³/mol. The summed E-state index contributed by atoms with van der Waals surface area (Å²) in [5.41, 5.74) is 1.13. The minimum absolute atomic E-state index is 0.212. The molecular weight excluding hydrogens is 152 g/mol. The molecule has 1 rings (SSSR count). The molecule has 0 saturated heterocycles. The molecule has 0 amide bonds. The highest BCUT2D eigenvalue weighted by molar-refractivity contribution is 5.75. The van der Waals surface area contributed by atoms with Gasteiger partial charge in [0, 0.05) is 24.7 Å². The third kappa shape index (κ3) is 2.49. The number of nitrogens with one attached hydrogen (secondary N) is 1. The Morgan fingerprint density at radius 3 is 2.92 bits per heavy atom. The zero-order valence-electron chi connectivity index (χ0n) is 7.55. The fraction of sp³-hybridized carbons (Fsp3) is 0.556. The number of imidazole rings is 1. The first-order valence-corrected chi connectivity index (χ1v) is 4.24. The Bertz CT molecular complexity index is 265. The topological polar surface area (TPSA) is 45.8 Å². The largest absolute Gasteiger partial charge is 0.346 e. The molecule has 12 heavy (non-hydrogen) atoms. The first kappa shape index (κ1) is 8.97. The lowest BCUT2D eigenvalue weighted by atomic mass is 10.2. The summed E-state index contributed by atoms with van der Waals surface area (Å²) < 4.78 is 0. The Kier molecular flexibility index (Phi) is 3.02. The number of Topliss-reactive ketones (excluding diaryl/α,β-unsaturated/α-hetero) is 1. The van der Waals surface area contributed by atoms with Crippen molar-refractivity contribution >= 4 is 5.78 Å². The molecule has 0 saturated carbocycles. The second-order valence-electron chi connectivity index (χ2n) is 2.91. The molecule has 0 aliphatic rings. The Hall–Kier alpha value is -1.12.